The first kappa shape index (κ1) is 31.1. The van der Waals surface area contributed by atoms with E-state index < -0.39 is 12.0 Å². The van der Waals surface area contributed by atoms with Gasteiger partial charge in [-0.2, -0.15) is 0 Å². The highest BCUT2D eigenvalue weighted by atomic mass is 127. The molecule has 0 bridgehead atoms. The number of hydrogen-bond acceptors (Lipinski definition) is 7. The maximum atomic E-state index is 14.2. The van der Waals surface area contributed by atoms with Crippen LogP contribution in [0.1, 0.15) is 36.6 Å². The molecule has 10 heteroatoms. The van der Waals surface area contributed by atoms with E-state index >= 15 is 0 Å². The number of rotatable bonds is 8. The Kier molecular flexibility index (Phi) is 9.11. The van der Waals surface area contributed by atoms with Crippen LogP contribution in [0.5, 0.6) is 11.5 Å². The number of methoxy groups -OCH3 is 1. The highest BCUT2D eigenvalue weighted by molar-refractivity contribution is 14.1. The molecule has 1 aliphatic rings. The zero-order chi connectivity index (χ0) is 31.7. The Hall–Kier alpha value is -3.93. The Morgan fingerprint density at radius 2 is 1.84 bits per heavy atom. The summed E-state index contributed by atoms with van der Waals surface area (Å²) in [6, 6.07) is 24.5. The molecule has 1 aromatic heterocycles. The smallest absolute Gasteiger partial charge is 0.338 e. The van der Waals surface area contributed by atoms with Crippen molar-refractivity contribution >= 4 is 68.3 Å². The van der Waals surface area contributed by atoms with E-state index in [1.807, 2.05) is 48.5 Å². The van der Waals surface area contributed by atoms with Crippen molar-refractivity contribution in [2.75, 3.05) is 13.7 Å². The largest absolute Gasteiger partial charge is 0.493 e. The highest BCUT2D eigenvalue weighted by Crippen LogP contribution is 2.36. The van der Waals surface area contributed by atoms with Crippen molar-refractivity contribution in [3.8, 4) is 11.5 Å². The second-order valence-electron chi connectivity index (χ2n) is 10.3. The monoisotopic (exact) mass is 750 g/mol. The van der Waals surface area contributed by atoms with Crippen molar-refractivity contribution in [1.29, 1.82) is 0 Å². The van der Waals surface area contributed by atoms with Gasteiger partial charge >= 0.3 is 5.97 Å². The predicted molar refractivity (Wildman–Crippen MR) is 186 cm³/mol. The number of ether oxygens (including phenoxy) is 3. The molecule has 1 aliphatic heterocycles. The summed E-state index contributed by atoms with van der Waals surface area (Å²) in [5.41, 5.74) is 2.76. The number of carbonyl (C=O) groups is 1. The number of esters is 1. The average Bonchev–Trinajstić information content (AvgIpc) is 3.33. The number of thiazole rings is 1. The van der Waals surface area contributed by atoms with Crippen LogP contribution in [0.4, 0.5) is 0 Å². The molecule has 5 aromatic rings. The number of halogens is 2. The van der Waals surface area contributed by atoms with E-state index in [1.165, 1.54) is 15.9 Å². The number of nitrogens with zero attached hydrogens (tertiary/aromatic N) is 2. The zero-order valence-corrected chi connectivity index (χ0v) is 28.4. The van der Waals surface area contributed by atoms with Gasteiger partial charge in [0, 0.05) is 14.2 Å². The third-order valence-corrected chi connectivity index (χ3v) is 9.47. The Labute approximate surface area is 282 Å². The van der Waals surface area contributed by atoms with Crippen LogP contribution < -0.4 is 24.4 Å². The first-order valence-corrected chi connectivity index (χ1v) is 16.5. The summed E-state index contributed by atoms with van der Waals surface area (Å²) in [7, 11) is 1.59. The van der Waals surface area contributed by atoms with Gasteiger partial charge in [-0.25, -0.2) is 9.79 Å². The minimum Gasteiger partial charge on any atom is -0.493 e. The standard InChI is InChI=1S/C35H28ClIN2O5S/c1-4-43-34(41)30-20(2)38-35-39(31(30)26-14-7-8-15-27(26)36)33(40)29(45-35)17-23-16-24(37)18-28(42-3)32(23)44-19-22-12-9-11-21-10-5-6-13-25(21)22/h5-18,31H,4,19H2,1-3H3/b29-17-/t31-/m1/s1. The molecule has 1 atom stereocenters. The van der Waals surface area contributed by atoms with Crippen molar-refractivity contribution in [1.82, 2.24) is 4.57 Å². The Morgan fingerprint density at radius 3 is 2.62 bits per heavy atom. The summed E-state index contributed by atoms with van der Waals surface area (Å²) in [6.45, 7) is 3.97. The van der Waals surface area contributed by atoms with Gasteiger partial charge in [0.1, 0.15) is 12.6 Å². The van der Waals surface area contributed by atoms with E-state index in [-0.39, 0.29) is 17.7 Å². The van der Waals surface area contributed by atoms with Gasteiger partial charge in [-0.1, -0.05) is 83.6 Å². The predicted octanol–water partition coefficient (Wildman–Crippen LogP) is 6.80. The minimum absolute atomic E-state index is 0.186. The summed E-state index contributed by atoms with van der Waals surface area (Å²) in [6.07, 6.45) is 1.79. The molecular formula is C35H28ClIN2O5S. The fourth-order valence-corrected chi connectivity index (χ4v) is 7.39. The van der Waals surface area contributed by atoms with Crippen LogP contribution in [0.25, 0.3) is 16.8 Å². The van der Waals surface area contributed by atoms with Crippen LogP contribution in [0.2, 0.25) is 5.02 Å². The van der Waals surface area contributed by atoms with Crippen LogP contribution in [0, 0.1) is 3.57 Å². The summed E-state index contributed by atoms with van der Waals surface area (Å²) >= 11 is 10.1. The lowest BCUT2D eigenvalue weighted by Gasteiger charge is -2.25. The lowest BCUT2D eigenvalue weighted by atomic mass is 9.96. The van der Waals surface area contributed by atoms with Gasteiger partial charge in [0.15, 0.2) is 16.3 Å². The van der Waals surface area contributed by atoms with Crippen molar-refractivity contribution in [2.45, 2.75) is 26.5 Å². The summed E-state index contributed by atoms with van der Waals surface area (Å²) in [5, 5.41) is 2.66. The number of allylic oxidation sites excluding steroid dienone is 1. The average molecular weight is 751 g/mol. The van der Waals surface area contributed by atoms with Crippen molar-refractivity contribution in [2.24, 2.45) is 4.99 Å². The fraction of sp³-hybridized carbons (Fsp3) is 0.171. The quantitative estimate of drug-likeness (QED) is 0.129. The van der Waals surface area contributed by atoms with Crippen LogP contribution in [-0.4, -0.2) is 24.3 Å². The second-order valence-corrected chi connectivity index (χ2v) is 12.9. The molecule has 0 amide bonds. The number of carbonyl (C=O) groups excluding carboxylic acids is 1. The van der Waals surface area contributed by atoms with E-state index in [2.05, 4.69) is 45.8 Å². The Morgan fingerprint density at radius 1 is 1.09 bits per heavy atom. The molecule has 45 heavy (non-hydrogen) atoms. The molecule has 6 rings (SSSR count). The van der Waals surface area contributed by atoms with Crippen molar-refractivity contribution < 1.29 is 19.0 Å². The highest BCUT2D eigenvalue weighted by Gasteiger charge is 2.34. The van der Waals surface area contributed by atoms with Crippen LogP contribution in [0.15, 0.2) is 99.9 Å². The number of aromatic nitrogens is 1. The fourth-order valence-electron chi connectivity index (χ4n) is 5.49. The third-order valence-electron chi connectivity index (χ3n) is 7.52. The lowest BCUT2D eigenvalue weighted by molar-refractivity contribution is -0.139. The SMILES string of the molecule is CCOC(=O)C1=C(C)N=c2s/c(=C\c3cc(I)cc(OC)c3OCc3cccc4ccccc34)c(=O)n2[C@@H]1c1ccccc1Cl. The van der Waals surface area contributed by atoms with Crippen LogP contribution in [0.3, 0.4) is 0 Å². The van der Waals surface area contributed by atoms with E-state index in [1.54, 1.807) is 39.2 Å². The first-order valence-electron chi connectivity index (χ1n) is 14.2. The lowest BCUT2D eigenvalue weighted by Crippen LogP contribution is -2.40. The molecule has 2 heterocycles. The molecule has 0 unspecified atom stereocenters. The van der Waals surface area contributed by atoms with E-state index in [0.29, 0.717) is 49.3 Å². The summed E-state index contributed by atoms with van der Waals surface area (Å²) in [4.78, 5) is 32.6. The summed E-state index contributed by atoms with van der Waals surface area (Å²) in [5.74, 6) is 0.530. The molecule has 0 spiro atoms. The van der Waals surface area contributed by atoms with Crippen molar-refractivity contribution in [3.05, 3.63) is 135 Å². The molecule has 0 saturated carbocycles. The zero-order valence-electron chi connectivity index (χ0n) is 24.7. The van der Waals surface area contributed by atoms with E-state index in [9.17, 15) is 9.59 Å². The molecule has 0 saturated heterocycles. The second kappa shape index (κ2) is 13.2. The Bertz CT molecular complexity index is 2170. The Balaban J connectivity index is 1.49. The van der Waals surface area contributed by atoms with Gasteiger partial charge in [-0.3, -0.25) is 9.36 Å². The normalized spacial score (nSPS) is 14.7. The van der Waals surface area contributed by atoms with Gasteiger partial charge in [0.25, 0.3) is 5.56 Å². The number of hydrogen-bond donors (Lipinski definition) is 0. The molecule has 0 N–H and O–H groups in total. The molecule has 4 aromatic carbocycles. The van der Waals surface area contributed by atoms with Gasteiger partial charge in [-0.15, -0.1) is 0 Å². The minimum atomic E-state index is -0.802. The maximum absolute atomic E-state index is 14.2. The maximum Gasteiger partial charge on any atom is 0.338 e. The van der Waals surface area contributed by atoms with Gasteiger partial charge in [0.05, 0.1) is 29.5 Å². The molecule has 7 nitrogen and oxygen atoms in total. The van der Waals surface area contributed by atoms with Gasteiger partial charge < -0.3 is 14.2 Å². The third kappa shape index (κ3) is 6.04. The van der Waals surface area contributed by atoms with Crippen LogP contribution in [-0.2, 0) is 16.1 Å². The number of fused-ring (bicyclic) bond motifs is 2. The van der Waals surface area contributed by atoms with E-state index in [4.69, 9.17) is 25.8 Å². The molecular weight excluding hydrogens is 723 g/mol. The molecule has 0 radical (unpaired) electrons. The van der Waals surface area contributed by atoms with Gasteiger partial charge in [-0.05, 0) is 82.6 Å². The summed E-state index contributed by atoms with van der Waals surface area (Å²) < 4.78 is 20.4. The van der Waals surface area contributed by atoms with Crippen molar-refractivity contribution in [3.63, 3.8) is 0 Å². The van der Waals surface area contributed by atoms with E-state index in [0.717, 1.165) is 19.9 Å². The topological polar surface area (TPSA) is 79.1 Å². The van der Waals surface area contributed by atoms with Crippen LogP contribution >= 0.6 is 45.5 Å². The molecule has 228 valence electrons. The molecule has 0 fully saturated rings. The molecule has 0 aliphatic carbocycles. The first-order chi connectivity index (χ1) is 21.8. The number of benzene rings is 4. The van der Waals surface area contributed by atoms with Gasteiger partial charge in [0.2, 0.25) is 0 Å².